The van der Waals surface area contributed by atoms with E-state index in [9.17, 15) is 15.0 Å². The number of aliphatic hydroxyl groups excluding tert-OH is 2. The van der Waals surface area contributed by atoms with Gasteiger partial charge in [-0.05, 0) is 18.2 Å². The lowest BCUT2D eigenvalue weighted by atomic mass is 10.2. The number of hydrogen-bond donors (Lipinski definition) is 2. The minimum absolute atomic E-state index is 0.159. The molecule has 1 aromatic carbocycles. The molecule has 0 radical (unpaired) electrons. The largest absolute Gasteiger partial charge is 0.388 e. The summed E-state index contributed by atoms with van der Waals surface area (Å²) < 4.78 is 0. The number of carbonyl (C=O) groups excluding carboxylic acids is 1. The molecule has 1 saturated heterocycles. The van der Waals surface area contributed by atoms with E-state index in [0.29, 0.717) is 10.6 Å². The topological polar surface area (TPSA) is 60.8 Å². The second-order valence-corrected chi connectivity index (χ2v) is 4.29. The van der Waals surface area contributed by atoms with Gasteiger partial charge in [-0.1, -0.05) is 17.7 Å². The highest BCUT2D eigenvalue weighted by atomic mass is 35.5. The molecule has 2 rings (SSSR count). The average molecular weight is 242 g/mol. The van der Waals surface area contributed by atoms with Crippen LogP contribution in [-0.2, 0) is 0 Å². The lowest BCUT2D eigenvalue weighted by molar-refractivity contribution is 0.0572. The fourth-order valence-electron chi connectivity index (χ4n) is 1.74. The van der Waals surface area contributed by atoms with E-state index in [1.807, 2.05) is 0 Å². The van der Waals surface area contributed by atoms with Gasteiger partial charge >= 0.3 is 0 Å². The van der Waals surface area contributed by atoms with Gasteiger partial charge in [0.1, 0.15) is 0 Å². The minimum Gasteiger partial charge on any atom is -0.388 e. The number of benzene rings is 1. The Bertz CT molecular complexity index is 400. The minimum atomic E-state index is -0.858. The van der Waals surface area contributed by atoms with Crippen LogP contribution in [0.3, 0.4) is 0 Å². The number of β-amino-alcohol motifs (C(OH)–C–C–N with tert-alkyl or cyclic N) is 2. The van der Waals surface area contributed by atoms with Crippen molar-refractivity contribution in [2.24, 2.45) is 0 Å². The Kier molecular flexibility index (Phi) is 3.14. The highest BCUT2D eigenvalue weighted by molar-refractivity contribution is 6.30. The van der Waals surface area contributed by atoms with Gasteiger partial charge in [-0.3, -0.25) is 4.79 Å². The normalized spacial score (nSPS) is 24.8. The van der Waals surface area contributed by atoms with Gasteiger partial charge < -0.3 is 15.1 Å². The quantitative estimate of drug-likeness (QED) is 0.754. The van der Waals surface area contributed by atoms with E-state index >= 15 is 0 Å². The summed E-state index contributed by atoms with van der Waals surface area (Å²) in [6, 6.07) is 6.61. The fraction of sp³-hybridized carbons (Fsp3) is 0.364. The smallest absolute Gasteiger partial charge is 0.254 e. The predicted molar refractivity (Wildman–Crippen MR) is 59.4 cm³/mol. The van der Waals surface area contributed by atoms with E-state index in [1.54, 1.807) is 24.3 Å². The monoisotopic (exact) mass is 241 g/mol. The third-order valence-electron chi connectivity index (χ3n) is 2.62. The van der Waals surface area contributed by atoms with E-state index in [1.165, 1.54) is 4.90 Å². The van der Waals surface area contributed by atoms with Gasteiger partial charge in [0.2, 0.25) is 0 Å². The highest BCUT2D eigenvalue weighted by Gasteiger charge is 2.32. The van der Waals surface area contributed by atoms with Crippen molar-refractivity contribution < 1.29 is 15.0 Å². The molecule has 0 unspecified atom stereocenters. The van der Waals surface area contributed by atoms with Crippen molar-refractivity contribution in [3.8, 4) is 0 Å². The summed E-state index contributed by atoms with van der Waals surface area (Å²) in [5.41, 5.74) is 0.466. The van der Waals surface area contributed by atoms with Gasteiger partial charge in [-0.2, -0.15) is 0 Å². The summed E-state index contributed by atoms with van der Waals surface area (Å²) in [4.78, 5) is 13.4. The maximum Gasteiger partial charge on any atom is 0.254 e. The van der Waals surface area contributed by atoms with E-state index < -0.39 is 12.2 Å². The fourth-order valence-corrected chi connectivity index (χ4v) is 1.93. The lowest BCUT2D eigenvalue weighted by Crippen LogP contribution is -2.29. The molecule has 16 heavy (non-hydrogen) atoms. The number of amides is 1. The van der Waals surface area contributed by atoms with Gasteiger partial charge in [0, 0.05) is 23.7 Å². The predicted octanol–water partition coefficient (Wildman–Crippen LogP) is 0.518. The molecule has 86 valence electrons. The van der Waals surface area contributed by atoms with Gasteiger partial charge in [-0.25, -0.2) is 0 Å². The number of nitrogens with zero attached hydrogens (tertiary/aromatic N) is 1. The van der Waals surface area contributed by atoms with Gasteiger partial charge in [0.05, 0.1) is 12.2 Å². The van der Waals surface area contributed by atoms with Crippen LogP contribution in [0.25, 0.3) is 0 Å². The Morgan fingerprint density at radius 1 is 1.31 bits per heavy atom. The summed E-state index contributed by atoms with van der Waals surface area (Å²) >= 11 is 5.78. The van der Waals surface area contributed by atoms with Gasteiger partial charge in [-0.15, -0.1) is 0 Å². The van der Waals surface area contributed by atoms with Gasteiger partial charge in [0.25, 0.3) is 5.91 Å². The number of aliphatic hydroxyl groups is 2. The van der Waals surface area contributed by atoms with Crippen LogP contribution in [0, 0.1) is 0 Å². The Balaban J connectivity index is 2.14. The Morgan fingerprint density at radius 3 is 2.50 bits per heavy atom. The number of halogens is 1. The Labute approximate surface area is 98.1 Å². The molecule has 1 heterocycles. The molecule has 1 aliphatic rings. The van der Waals surface area contributed by atoms with Crippen LogP contribution in [0.4, 0.5) is 0 Å². The second kappa shape index (κ2) is 4.41. The van der Waals surface area contributed by atoms with Crippen LogP contribution in [0.5, 0.6) is 0 Å². The molecule has 2 atom stereocenters. The third kappa shape index (κ3) is 2.19. The number of hydrogen-bond acceptors (Lipinski definition) is 3. The zero-order chi connectivity index (χ0) is 11.7. The molecule has 0 aromatic heterocycles. The van der Waals surface area contributed by atoms with E-state index in [0.717, 1.165) is 0 Å². The van der Waals surface area contributed by atoms with Crippen molar-refractivity contribution in [2.45, 2.75) is 12.2 Å². The first kappa shape index (κ1) is 11.4. The molecule has 2 N–H and O–H groups in total. The SMILES string of the molecule is O=C(c1cccc(Cl)c1)N1C[C@@H](O)[C@@H](O)C1. The second-order valence-electron chi connectivity index (χ2n) is 3.86. The van der Waals surface area contributed by atoms with Crippen LogP contribution in [0.1, 0.15) is 10.4 Å². The highest BCUT2D eigenvalue weighted by Crippen LogP contribution is 2.16. The first-order valence-corrected chi connectivity index (χ1v) is 5.36. The maximum absolute atomic E-state index is 11.9. The Hall–Kier alpha value is -1.10. The lowest BCUT2D eigenvalue weighted by Gasteiger charge is -2.15. The van der Waals surface area contributed by atoms with Gasteiger partial charge in [0.15, 0.2) is 0 Å². The summed E-state index contributed by atoms with van der Waals surface area (Å²) in [5, 5.41) is 19.2. The van der Waals surface area contributed by atoms with Crippen molar-refractivity contribution >= 4 is 17.5 Å². The Morgan fingerprint density at radius 2 is 1.94 bits per heavy atom. The maximum atomic E-state index is 11.9. The van der Waals surface area contributed by atoms with Crippen molar-refractivity contribution in [1.82, 2.24) is 4.90 Å². The summed E-state index contributed by atoms with van der Waals surface area (Å²) in [6.07, 6.45) is -1.72. The molecule has 0 aliphatic carbocycles. The molecular weight excluding hydrogens is 230 g/mol. The summed E-state index contributed by atoms with van der Waals surface area (Å²) in [6.45, 7) is 0.318. The molecule has 4 nitrogen and oxygen atoms in total. The van der Waals surface area contributed by atoms with Crippen LogP contribution in [-0.4, -0.2) is 46.3 Å². The zero-order valence-corrected chi connectivity index (χ0v) is 9.26. The van der Waals surface area contributed by atoms with Crippen molar-refractivity contribution in [2.75, 3.05) is 13.1 Å². The zero-order valence-electron chi connectivity index (χ0n) is 8.51. The number of rotatable bonds is 1. The molecule has 0 bridgehead atoms. The van der Waals surface area contributed by atoms with Crippen LogP contribution in [0.2, 0.25) is 5.02 Å². The van der Waals surface area contributed by atoms with Crippen LogP contribution >= 0.6 is 11.6 Å². The molecule has 1 aliphatic heterocycles. The van der Waals surface area contributed by atoms with E-state index in [-0.39, 0.29) is 19.0 Å². The van der Waals surface area contributed by atoms with E-state index in [2.05, 4.69) is 0 Å². The molecule has 1 fully saturated rings. The third-order valence-corrected chi connectivity index (χ3v) is 2.85. The molecular formula is C11H12ClNO3. The van der Waals surface area contributed by atoms with Crippen molar-refractivity contribution in [1.29, 1.82) is 0 Å². The van der Waals surface area contributed by atoms with Crippen molar-refractivity contribution in [3.63, 3.8) is 0 Å². The molecule has 1 amide bonds. The van der Waals surface area contributed by atoms with Crippen molar-refractivity contribution in [3.05, 3.63) is 34.9 Å². The average Bonchev–Trinajstić information content (AvgIpc) is 2.58. The first-order chi connectivity index (χ1) is 7.58. The number of likely N-dealkylation sites (tertiary alicyclic amines) is 1. The van der Waals surface area contributed by atoms with Crippen LogP contribution < -0.4 is 0 Å². The van der Waals surface area contributed by atoms with Crippen LogP contribution in [0.15, 0.2) is 24.3 Å². The molecule has 0 spiro atoms. The summed E-state index contributed by atoms with van der Waals surface area (Å²) in [5.74, 6) is -0.224. The molecule has 5 heteroatoms. The molecule has 1 aromatic rings. The molecule has 0 saturated carbocycles. The first-order valence-electron chi connectivity index (χ1n) is 4.99. The number of carbonyl (C=O) groups is 1. The standard InChI is InChI=1S/C11H12ClNO3/c12-8-3-1-2-7(4-8)11(16)13-5-9(14)10(15)6-13/h1-4,9-10,14-15H,5-6H2/t9-,10+. The summed E-state index contributed by atoms with van der Waals surface area (Å²) in [7, 11) is 0. The van der Waals surface area contributed by atoms with E-state index in [4.69, 9.17) is 11.6 Å².